The van der Waals surface area contributed by atoms with E-state index in [9.17, 15) is 22.4 Å². The quantitative estimate of drug-likeness (QED) is 0.728. The van der Waals surface area contributed by atoms with E-state index < -0.39 is 11.7 Å². The Labute approximate surface area is 172 Å². The molecule has 1 aliphatic carbocycles. The molecule has 3 unspecified atom stereocenters. The molecule has 2 fully saturated rings. The molecule has 8 heteroatoms. The van der Waals surface area contributed by atoms with Gasteiger partial charge in [-0.25, -0.2) is 4.39 Å². The van der Waals surface area contributed by atoms with Crippen LogP contribution in [-0.4, -0.2) is 30.4 Å². The van der Waals surface area contributed by atoms with Crippen molar-refractivity contribution in [3.63, 3.8) is 0 Å². The zero-order chi connectivity index (χ0) is 19.9. The van der Waals surface area contributed by atoms with Gasteiger partial charge < -0.3 is 10.2 Å². The highest BCUT2D eigenvalue weighted by Gasteiger charge is 2.47. The Hall–Kier alpha value is -2.12. The van der Waals surface area contributed by atoms with Gasteiger partial charge in [0.05, 0.1) is 11.6 Å². The van der Waals surface area contributed by atoms with Crippen molar-refractivity contribution >= 4 is 18.3 Å². The molecule has 1 aliphatic heterocycles. The van der Waals surface area contributed by atoms with Gasteiger partial charge in [0, 0.05) is 25.6 Å². The lowest BCUT2D eigenvalue weighted by Crippen LogP contribution is -2.49. The summed E-state index contributed by atoms with van der Waals surface area (Å²) >= 11 is 0. The number of carbonyl (C=O) groups excluding carboxylic acids is 1. The first kappa shape index (κ1) is 21.6. The zero-order valence-corrected chi connectivity index (χ0v) is 16.3. The first-order valence-electron chi connectivity index (χ1n) is 9.28. The van der Waals surface area contributed by atoms with E-state index in [2.05, 4.69) is 5.32 Å². The van der Waals surface area contributed by atoms with E-state index in [0.717, 1.165) is 17.7 Å². The summed E-state index contributed by atoms with van der Waals surface area (Å²) in [4.78, 5) is 14.8. The van der Waals surface area contributed by atoms with Gasteiger partial charge in [0.25, 0.3) is 0 Å². The number of hydrogen-bond donors (Lipinski definition) is 1. The summed E-state index contributed by atoms with van der Waals surface area (Å²) in [5.74, 6) is -0.947. The van der Waals surface area contributed by atoms with Gasteiger partial charge in [-0.2, -0.15) is 13.2 Å². The van der Waals surface area contributed by atoms with Crippen LogP contribution in [0.5, 0.6) is 0 Å². The monoisotopic (exact) mass is 428 g/mol. The normalized spacial score (nSPS) is 24.0. The maximum absolute atomic E-state index is 13.6. The fraction of sp³-hybridized carbons (Fsp3) is 0.381. The van der Waals surface area contributed by atoms with Gasteiger partial charge in [-0.15, -0.1) is 12.4 Å². The molecular formula is C21H21ClF4N2O. The Morgan fingerprint density at radius 1 is 1.07 bits per heavy atom. The maximum Gasteiger partial charge on any atom is 0.416 e. The summed E-state index contributed by atoms with van der Waals surface area (Å²) in [6.07, 6.45) is -3.86. The molecule has 0 radical (unpaired) electrons. The third kappa shape index (κ3) is 4.56. The second kappa shape index (κ2) is 8.32. The van der Waals surface area contributed by atoms with Crippen molar-refractivity contribution in [2.75, 3.05) is 19.6 Å². The van der Waals surface area contributed by atoms with Gasteiger partial charge in [-0.1, -0.05) is 30.3 Å². The van der Waals surface area contributed by atoms with Crippen molar-refractivity contribution in [2.45, 2.75) is 24.6 Å². The highest BCUT2D eigenvalue weighted by atomic mass is 35.5. The molecule has 29 heavy (non-hydrogen) atoms. The Morgan fingerprint density at radius 3 is 2.52 bits per heavy atom. The summed E-state index contributed by atoms with van der Waals surface area (Å²) in [6.45, 7) is 1.65. The largest absolute Gasteiger partial charge is 0.416 e. The van der Waals surface area contributed by atoms with Gasteiger partial charge in [0.15, 0.2) is 0 Å². The lowest BCUT2D eigenvalue weighted by Gasteiger charge is -2.37. The Balaban J connectivity index is 0.00000240. The van der Waals surface area contributed by atoms with Crippen molar-refractivity contribution in [1.29, 1.82) is 0 Å². The van der Waals surface area contributed by atoms with Gasteiger partial charge >= 0.3 is 6.18 Å². The van der Waals surface area contributed by atoms with Gasteiger partial charge in [-0.05, 0) is 41.7 Å². The number of piperazine rings is 1. The number of benzene rings is 2. The van der Waals surface area contributed by atoms with Crippen LogP contribution in [0.1, 0.15) is 35.1 Å². The third-order valence-electron chi connectivity index (χ3n) is 5.51. The second-order valence-electron chi connectivity index (χ2n) is 7.38. The summed E-state index contributed by atoms with van der Waals surface area (Å²) in [5, 5.41) is 3.22. The van der Waals surface area contributed by atoms with Crippen LogP contribution in [0.4, 0.5) is 17.6 Å². The predicted molar refractivity (Wildman–Crippen MR) is 103 cm³/mol. The molecule has 1 saturated carbocycles. The number of nitrogens with zero attached hydrogens (tertiary/aromatic N) is 1. The molecule has 0 bridgehead atoms. The second-order valence-corrected chi connectivity index (χ2v) is 7.38. The topological polar surface area (TPSA) is 32.3 Å². The van der Waals surface area contributed by atoms with Crippen LogP contribution in [0.15, 0.2) is 48.5 Å². The third-order valence-corrected chi connectivity index (χ3v) is 5.51. The molecule has 3 atom stereocenters. The molecule has 0 aromatic heterocycles. The van der Waals surface area contributed by atoms with Crippen LogP contribution in [-0.2, 0) is 11.0 Å². The Morgan fingerprint density at radius 2 is 1.79 bits per heavy atom. The van der Waals surface area contributed by atoms with E-state index in [1.165, 1.54) is 18.2 Å². The van der Waals surface area contributed by atoms with Crippen LogP contribution in [0.3, 0.4) is 0 Å². The van der Waals surface area contributed by atoms with E-state index in [1.54, 1.807) is 23.1 Å². The Kier molecular flexibility index (Phi) is 6.19. The Bertz CT molecular complexity index is 889. The highest BCUT2D eigenvalue weighted by Crippen LogP contribution is 2.50. The summed E-state index contributed by atoms with van der Waals surface area (Å²) < 4.78 is 52.5. The van der Waals surface area contributed by atoms with E-state index in [4.69, 9.17) is 0 Å². The van der Waals surface area contributed by atoms with Crippen molar-refractivity contribution in [1.82, 2.24) is 10.2 Å². The van der Waals surface area contributed by atoms with Crippen LogP contribution in [0, 0.1) is 11.7 Å². The predicted octanol–water partition coefficient (Wildman–Crippen LogP) is 4.54. The SMILES string of the molecule is Cl.O=C(C1CC1c1cccc(C(F)(F)F)c1)N1CCNCC1c1cccc(F)c1. The molecule has 4 rings (SSSR count). The standard InChI is InChI=1S/C21H20F4N2O.ClH/c22-16-6-2-4-14(10-16)19-12-26-7-8-27(19)20(28)18-11-17(18)13-3-1-5-15(9-13)21(23,24)25;/h1-6,9-10,17-19,26H,7-8,11-12H2;1H. The van der Waals surface area contributed by atoms with Crippen LogP contribution >= 0.6 is 12.4 Å². The van der Waals surface area contributed by atoms with E-state index in [-0.39, 0.29) is 42.0 Å². The number of rotatable bonds is 3. The molecular weight excluding hydrogens is 408 g/mol. The summed E-state index contributed by atoms with van der Waals surface area (Å²) in [6, 6.07) is 11.1. The molecule has 0 spiro atoms. The lowest BCUT2D eigenvalue weighted by molar-refractivity contribution is -0.137. The number of carbonyl (C=O) groups is 1. The first-order chi connectivity index (χ1) is 13.3. The zero-order valence-electron chi connectivity index (χ0n) is 15.5. The van der Waals surface area contributed by atoms with Crippen molar-refractivity contribution in [2.24, 2.45) is 5.92 Å². The average Bonchev–Trinajstić information content (AvgIpc) is 3.48. The summed E-state index contributed by atoms with van der Waals surface area (Å²) in [7, 11) is 0. The highest BCUT2D eigenvalue weighted by molar-refractivity contribution is 5.85. The molecule has 1 amide bonds. The minimum atomic E-state index is -4.40. The minimum Gasteiger partial charge on any atom is -0.333 e. The molecule has 156 valence electrons. The molecule has 2 aliphatic rings. The number of hydrogen-bond acceptors (Lipinski definition) is 2. The molecule has 1 saturated heterocycles. The fourth-order valence-corrected chi connectivity index (χ4v) is 3.97. The van der Waals surface area contributed by atoms with Crippen molar-refractivity contribution in [3.05, 3.63) is 71.0 Å². The number of amides is 1. The number of halogens is 5. The molecule has 2 aromatic carbocycles. The fourth-order valence-electron chi connectivity index (χ4n) is 3.97. The van der Waals surface area contributed by atoms with E-state index in [0.29, 0.717) is 31.6 Å². The number of nitrogens with one attached hydrogen (secondary N) is 1. The first-order valence-corrected chi connectivity index (χ1v) is 9.28. The van der Waals surface area contributed by atoms with Crippen molar-refractivity contribution < 1.29 is 22.4 Å². The van der Waals surface area contributed by atoms with Crippen LogP contribution in [0.25, 0.3) is 0 Å². The van der Waals surface area contributed by atoms with E-state index in [1.807, 2.05) is 0 Å². The average molecular weight is 429 g/mol. The molecule has 1 heterocycles. The summed E-state index contributed by atoms with van der Waals surface area (Å²) in [5.41, 5.74) is 0.574. The van der Waals surface area contributed by atoms with E-state index >= 15 is 0 Å². The minimum absolute atomic E-state index is 0. The number of alkyl halides is 3. The van der Waals surface area contributed by atoms with Gasteiger partial charge in [-0.3, -0.25) is 4.79 Å². The van der Waals surface area contributed by atoms with Crippen molar-refractivity contribution in [3.8, 4) is 0 Å². The smallest absolute Gasteiger partial charge is 0.333 e. The van der Waals surface area contributed by atoms with Crippen LogP contribution < -0.4 is 5.32 Å². The molecule has 2 aromatic rings. The molecule has 1 N–H and O–H groups in total. The van der Waals surface area contributed by atoms with Crippen LogP contribution in [0.2, 0.25) is 0 Å². The maximum atomic E-state index is 13.6. The molecule has 3 nitrogen and oxygen atoms in total. The van der Waals surface area contributed by atoms with Gasteiger partial charge in [0.1, 0.15) is 5.82 Å². The van der Waals surface area contributed by atoms with Gasteiger partial charge in [0.2, 0.25) is 5.91 Å². The lowest BCUT2D eigenvalue weighted by atomic mass is 10.0.